The fourth-order valence-electron chi connectivity index (χ4n) is 5.42. The Bertz CT molecular complexity index is 1160. The Labute approximate surface area is 230 Å². The summed E-state index contributed by atoms with van der Waals surface area (Å²) in [6.07, 6.45) is 5.78. The highest BCUT2D eigenvalue weighted by Gasteiger charge is 2.34. The molecule has 3 amide bonds. The van der Waals surface area contributed by atoms with Crippen LogP contribution in [0, 0.1) is 5.92 Å². The number of anilines is 2. The highest BCUT2D eigenvalue weighted by Crippen LogP contribution is 2.33. The van der Waals surface area contributed by atoms with Gasteiger partial charge in [0, 0.05) is 49.7 Å². The van der Waals surface area contributed by atoms with E-state index in [1.807, 2.05) is 41.3 Å². The monoisotopic (exact) mass is 533 g/mol. The molecule has 9 nitrogen and oxygen atoms in total. The van der Waals surface area contributed by atoms with Gasteiger partial charge in [-0.15, -0.1) is 0 Å². The molecule has 39 heavy (non-hydrogen) atoms. The van der Waals surface area contributed by atoms with Crippen molar-refractivity contribution in [2.45, 2.75) is 63.6 Å². The van der Waals surface area contributed by atoms with E-state index in [1.165, 1.54) is 0 Å². The molecule has 3 fully saturated rings. The number of carbonyl (C=O) groups is 3. The molecule has 1 saturated heterocycles. The minimum absolute atomic E-state index is 0.102. The molecule has 0 radical (unpaired) electrons. The molecule has 208 valence electrons. The van der Waals surface area contributed by atoms with Gasteiger partial charge >= 0.3 is 6.09 Å². The molecule has 4 N–H and O–H groups in total. The molecule has 2 saturated carbocycles. The molecule has 0 aromatic heterocycles. The lowest BCUT2D eigenvalue weighted by molar-refractivity contribution is -0.132. The highest BCUT2D eigenvalue weighted by molar-refractivity contribution is 5.98. The number of rotatable bonds is 7. The Morgan fingerprint density at radius 2 is 1.67 bits per heavy atom. The van der Waals surface area contributed by atoms with Crippen molar-refractivity contribution < 1.29 is 19.1 Å². The number of hydrogen-bond donors (Lipinski definition) is 3. The lowest BCUT2D eigenvalue weighted by Gasteiger charge is -2.28. The Morgan fingerprint density at radius 1 is 0.897 bits per heavy atom. The molecule has 2 aromatic carbocycles. The van der Waals surface area contributed by atoms with Crippen LogP contribution in [0.4, 0.5) is 16.2 Å². The predicted molar refractivity (Wildman–Crippen MR) is 151 cm³/mol. The minimum atomic E-state index is -0.584. The third-order valence-corrected chi connectivity index (χ3v) is 7.89. The molecule has 9 heteroatoms. The van der Waals surface area contributed by atoms with Crippen LogP contribution in [0.2, 0.25) is 0 Å². The number of amides is 3. The first-order chi connectivity index (χ1) is 19.0. The van der Waals surface area contributed by atoms with Crippen LogP contribution in [0.15, 0.2) is 48.5 Å². The Balaban J connectivity index is 1.30. The molecule has 3 aliphatic rings. The average Bonchev–Trinajstić information content (AvgIpc) is 3.81. The number of nitrogens with one attached hydrogen (secondary N) is 2. The van der Waals surface area contributed by atoms with Crippen LogP contribution in [0.5, 0.6) is 0 Å². The number of benzene rings is 2. The van der Waals surface area contributed by atoms with Gasteiger partial charge in [-0.3, -0.25) is 14.9 Å². The summed E-state index contributed by atoms with van der Waals surface area (Å²) in [5.74, 6) is 0.293. The van der Waals surface area contributed by atoms with Crippen molar-refractivity contribution >= 4 is 29.3 Å². The number of nitrogens with zero attached hydrogens (tertiary/aromatic N) is 2. The molecule has 1 heterocycles. The molecule has 2 aliphatic carbocycles. The summed E-state index contributed by atoms with van der Waals surface area (Å²) in [6.45, 7) is 2.92. The van der Waals surface area contributed by atoms with E-state index in [0.29, 0.717) is 24.3 Å². The summed E-state index contributed by atoms with van der Waals surface area (Å²) in [6, 6.07) is 15.2. The molecular formula is C30H39N5O4. The van der Waals surface area contributed by atoms with Crippen LogP contribution < -0.4 is 21.3 Å². The van der Waals surface area contributed by atoms with E-state index in [0.717, 1.165) is 69.3 Å². The van der Waals surface area contributed by atoms with E-state index in [2.05, 4.69) is 15.5 Å². The van der Waals surface area contributed by atoms with Crippen molar-refractivity contribution in [2.75, 3.05) is 36.4 Å². The number of carbonyl (C=O) groups excluding carboxylic acids is 3. The molecule has 0 spiro atoms. The predicted octanol–water partition coefficient (Wildman–Crippen LogP) is 3.88. The van der Waals surface area contributed by atoms with Gasteiger partial charge in [0.2, 0.25) is 5.91 Å². The fourth-order valence-corrected chi connectivity index (χ4v) is 5.42. The first kappa shape index (κ1) is 27.0. The second kappa shape index (κ2) is 12.5. The minimum Gasteiger partial charge on any atom is -0.444 e. The summed E-state index contributed by atoms with van der Waals surface area (Å²) < 4.78 is 5.48. The Hall–Kier alpha value is -3.59. The van der Waals surface area contributed by atoms with Gasteiger partial charge in [-0.2, -0.15) is 0 Å². The standard InChI is InChI=1S/C30H39N5O4/c31-24-10-12-25(13-11-24)32-28(36)23-9-14-27(34-15-4-16-35(18-17-34)29(37)22-7-8-22)26(19-23)33-30(38)39-20-21-5-2-1-3-6-21/h1-3,5-6,9,14,19,22,24-25H,4,7-8,10-13,15-18,20,31H2,(H,32,36)(H,33,38). The van der Waals surface area contributed by atoms with Crippen molar-refractivity contribution in [3.8, 4) is 0 Å². The van der Waals surface area contributed by atoms with Crippen LogP contribution in [-0.2, 0) is 16.1 Å². The van der Waals surface area contributed by atoms with Gasteiger partial charge in [0.05, 0.1) is 11.4 Å². The zero-order valence-electron chi connectivity index (χ0n) is 22.4. The first-order valence-corrected chi connectivity index (χ1v) is 14.2. The van der Waals surface area contributed by atoms with Gasteiger partial charge in [0.15, 0.2) is 0 Å². The molecule has 0 unspecified atom stereocenters. The zero-order chi connectivity index (χ0) is 27.2. The lowest BCUT2D eigenvalue weighted by Crippen LogP contribution is -2.40. The molecule has 2 aromatic rings. The second-order valence-electron chi connectivity index (χ2n) is 10.9. The number of nitrogens with two attached hydrogens (primary N) is 1. The number of ether oxygens (including phenoxy) is 1. The summed E-state index contributed by atoms with van der Waals surface area (Å²) in [5, 5.41) is 6.02. The molecule has 1 aliphatic heterocycles. The maximum Gasteiger partial charge on any atom is 0.412 e. The van der Waals surface area contributed by atoms with E-state index >= 15 is 0 Å². The van der Waals surface area contributed by atoms with Crippen molar-refractivity contribution in [1.82, 2.24) is 10.2 Å². The van der Waals surface area contributed by atoms with Crippen LogP contribution in [-0.4, -0.2) is 61.1 Å². The van der Waals surface area contributed by atoms with Gasteiger partial charge in [0.1, 0.15) is 6.61 Å². The Kier molecular flexibility index (Phi) is 8.66. The zero-order valence-corrected chi connectivity index (χ0v) is 22.4. The average molecular weight is 534 g/mol. The van der Waals surface area contributed by atoms with E-state index in [1.54, 1.807) is 12.1 Å². The topological polar surface area (TPSA) is 117 Å². The van der Waals surface area contributed by atoms with E-state index < -0.39 is 6.09 Å². The molecule has 0 bridgehead atoms. The third kappa shape index (κ3) is 7.29. The summed E-state index contributed by atoms with van der Waals surface area (Å²) in [4.78, 5) is 42.7. The van der Waals surface area contributed by atoms with Crippen LogP contribution in [0.1, 0.15) is 60.9 Å². The Morgan fingerprint density at radius 3 is 2.41 bits per heavy atom. The fraction of sp³-hybridized carbons (Fsp3) is 0.500. The van der Waals surface area contributed by atoms with Crippen molar-refractivity contribution in [2.24, 2.45) is 11.7 Å². The van der Waals surface area contributed by atoms with E-state index in [-0.39, 0.29) is 36.4 Å². The van der Waals surface area contributed by atoms with Gasteiger partial charge in [0.25, 0.3) is 5.91 Å². The highest BCUT2D eigenvalue weighted by atomic mass is 16.5. The van der Waals surface area contributed by atoms with Crippen molar-refractivity contribution in [1.29, 1.82) is 0 Å². The van der Waals surface area contributed by atoms with Crippen LogP contribution in [0.25, 0.3) is 0 Å². The molecule has 5 rings (SSSR count). The smallest absolute Gasteiger partial charge is 0.412 e. The normalized spacial score (nSPS) is 21.6. The molecule has 0 atom stereocenters. The summed E-state index contributed by atoms with van der Waals surface area (Å²) in [5.41, 5.74) is 8.72. The number of hydrogen-bond acceptors (Lipinski definition) is 6. The van der Waals surface area contributed by atoms with Gasteiger partial charge in [-0.05, 0) is 68.7 Å². The lowest BCUT2D eigenvalue weighted by atomic mass is 9.91. The van der Waals surface area contributed by atoms with Gasteiger partial charge in [-0.1, -0.05) is 30.3 Å². The quantitative estimate of drug-likeness (QED) is 0.497. The van der Waals surface area contributed by atoms with E-state index in [9.17, 15) is 14.4 Å². The SMILES string of the molecule is NC1CCC(NC(=O)c2ccc(N3CCCN(C(=O)C4CC4)CC3)c(NC(=O)OCc3ccccc3)c2)CC1. The maximum absolute atomic E-state index is 13.1. The second-order valence-corrected chi connectivity index (χ2v) is 10.9. The van der Waals surface area contributed by atoms with Gasteiger partial charge in [-0.25, -0.2) is 4.79 Å². The first-order valence-electron chi connectivity index (χ1n) is 14.2. The summed E-state index contributed by atoms with van der Waals surface area (Å²) >= 11 is 0. The van der Waals surface area contributed by atoms with E-state index in [4.69, 9.17) is 10.5 Å². The van der Waals surface area contributed by atoms with Gasteiger partial charge < -0.3 is 25.6 Å². The molecular weight excluding hydrogens is 494 g/mol. The maximum atomic E-state index is 13.1. The third-order valence-electron chi connectivity index (χ3n) is 7.89. The van der Waals surface area contributed by atoms with Crippen LogP contribution >= 0.6 is 0 Å². The van der Waals surface area contributed by atoms with Crippen molar-refractivity contribution in [3.05, 3.63) is 59.7 Å². The van der Waals surface area contributed by atoms with Crippen molar-refractivity contribution in [3.63, 3.8) is 0 Å². The summed E-state index contributed by atoms with van der Waals surface area (Å²) in [7, 11) is 0. The van der Waals surface area contributed by atoms with Crippen LogP contribution in [0.3, 0.4) is 0 Å². The largest absolute Gasteiger partial charge is 0.444 e.